The topological polar surface area (TPSA) is 64.8 Å². The number of hydrogen-bond acceptors (Lipinski definition) is 6. The van der Waals surface area contributed by atoms with Crippen LogP contribution in [0.15, 0.2) is 18.2 Å². The molecule has 0 unspecified atom stereocenters. The Morgan fingerprint density at radius 2 is 2.18 bits per heavy atom. The second-order valence-electron chi connectivity index (χ2n) is 5.68. The van der Waals surface area contributed by atoms with Gasteiger partial charge >= 0.3 is 5.69 Å². The van der Waals surface area contributed by atoms with Gasteiger partial charge in [-0.1, -0.05) is 0 Å². The fourth-order valence-electron chi connectivity index (χ4n) is 3.12. The molecule has 3 rings (SSSR count). The molecule has 0 bridgehead atoms. The Morgan fingerprint density at radius 1 is 1.41 bits per heavy atom. The minimum Gasteiger partial charge on any atom is -0.490 e. The highest BCUT2D eigenvalue weighted by Crippen LogP contribution is 2.41. The first kappa shape index (κ1) is 15.4. The fraction of sp³-hybridized carbons (Fsp3) is 0.600. The lowest BCUT2D eigenvalue weighted by Crippen LogP contribution is -2.49. The van der Waals surface area contributed by atoms with Crippen molar-refractivity contribution >= 4 is 23.1 Å². The molecule has 0 amide bonds. The van der Waals surface area contributed by atoms with Gasteiger partial charge in [0.1, 0.15) is 0 Å². The summed E-state index contributed by atoms with van der Waals surface area (Å²) in [6, 6.07) is 5.14. The highest BCUT2D eigenvalue weighted by Gasteiger charge is 2.38. The molecule has 0 aromatic heterocycles. The molecule has 22 heavy (non-hydrogen) atoms. The van der Waals surface area contributed by atoms with Crippen molar-refractivity contribution in [3.05, 3.63) is 28.3 Å². The number of benzene rings is 1. The van der Waals surface area contributed by atoms with Crippen LogP contribution in [0.25, 0.3) is 0 Å². The van der Waals surface area contributed by atoms with Crippen LogP contribution in [0.1, 0.15) is 12.8 Å². The van der Waals surface area contributed by atoms with Crippen molar-refractivity contribution in [2.24, 2.45) is 0 Å². The Hall–Kier alpha value is -1.47. The lowest BCUT2D eigenvalue weighted by atomic mass is 9.97. The normalized spacial score (nSPS) is 20.9. The monoisotopic (exact) mass is 324 g/mol. The van der Waals surface area contributed by atoms with E-state index >= 15 is 0 Å². The SMILES string of the molecule is COc1cc(N2CCSC3(CCOCC3)C2)ccc1[N+](=O)[O-]. The smallest absolute Gasteiger partial charge is 0.311 e. The molecule has 0 N–H and O–H groups in total. The van der Waals surface area contributed by atoms with Crippen LogP contribution in [-0.2, 0) is 4.74 Å². The van der Waals surface area contributed by atoms with E-state index in [0.717, 1.165) is 50.6 Å². The maximum atomic E-state index is 11.0. The number of hydrogen-bond donors (Lipinski definition) is 0. The molecule has 1 aromatic rings. The second kappa shape index (κ2) is 6.34. The number of rotatable bonds is 3. The van der Waals surface area contributed by atoms with Gasteiger partial charge in [0.15, 0.2) is 5.75 Å². The number of anilines is 1. The molecule has 2 aliphatic heterocycles. The fourth-order valence-corrected chi connectivity index (χ4v) is 4.57. The second-order valence-corrected chi connectivity index (χ2v) is 7.24. The van der Waals surface area contributed by atoms with E-state index in [1.807, 2.05) is 17.8 Å². The minimum atomic E-state index is -0.408. The molecule has 2 fully saturated rings. The Kier molecular flexibility index (Phi) is 4.44. The van der Waals surface area contributed by atoms with Crippen molar-refractivity contribution in [1.29, 1.82) is 0 Å². The Balaban J connectivity index is 1.82. The van der Waals surface area contributed by atoms with Crippen LogP contribution in [0, 0.1) is 10.1 Å². The van der Waals surface area contributed by atoms with Crippen LogP contribution >= 0.6 is 11.8 Å². The number of nitrogens with zero attached hydrogens (tertiary/aromatic N) is 2. The maximum Gasteiger partial charge on any atom is 0.311 e. The van der Waals surface area contributed by atoms with E-state index < -0.39 is 4.92 Å². The number of nitro groups is 1. The molecule has 120 valence electrons. The van der Waals surface area contributed by atoms with Crippen molar-refractivity contribution in [2.45, 2.75) is 17.6 Å². The van der Waals surface area contributed by atoms with E-state index in [1.54, 1.807) is 6.07 Å². The Bertz CT molecular complexity index is 555. The highest BCUT2D eigenvalue weighted by molar-refractivity contribution is 8.00. The molecular formula is C15H20N2O4S. The number of thioether (sulfide) groups is 1. The molecule has 2 heterocycles. The van der Waals surface area contributed by atoms with Crippen LogP contribution in [0.2, 0.25) is 0 Å². The first-order valence-electron chi connectivity index (χ1n) is 7.43. The summed E-state index contributed by atoms with van der Waals surface area (Å²) in [5.74, 6) is 1.39. The molecule has 0 saturated carbocycles. The number of ether oxygens (including phenoxy) is 2. The third-order valence-electron chi connectivity index (χ3n) is 4.38. The zero-order chi connectivity index (χ0) is 15.6. The van der Waals surface area contributed by atoms with E-state index in [2.05, 4.69) is 4.90 Å². The summed E-state index contributed by atoms with van der Waals surface area (Å²) < 4.78 is 10.9. The molecule has 2 saturated heterocycles. The van der Waals surface area contributed by atoms with Crippen molar-refractivity contribution in [3.63, 3.8) is 0 Å². The van der Waals surface area contributed by atoms with Gasteiger partial charge in [-0.2, -0.15) is 11.8 Å². The van der Waals surface area contributed by atoms with Gasteiger partial charge in [0.05, 0.1) is 12.0 Å². The molecule has 2 aliphatic rings. The summed E-state index contributed by atoms with van der Waals surface area (Å²) in [6.07, 6.45) is 2.14. The van der Waals surface area contributed by atoms with Crippen LogP contribution in [0.3, 0.4) is 0 Å². The van der Waals surface area contributed by atoms with Gasteiger partial charge in [0.2, 0.25) is 0 Å². The number of methoxy groups -OCH3 is 1. The molecule has 0 atom stereocenters. The zero-order valence-electron chi connectivity index (χ0n) is 12.6. The maximum absolute atomic E-state index is 11.0. The molecule has 1 aromatic carbocycles. The summed E-state index contributed by atoms with van der Waals surface area (Å²) >= 11 is 2.04. The Labute approximate surface area is 133 Å². The zero-order valence-corrected chi connectivity index (χ0v) is 13.4. The van der Waals surface area contributed by atoms with Crippen molar-refractivity contribution in [2.75, 3.05) is 44.1 Å². The van der Waals surface area contributed by atoms with Crippen molar-refractivity contribution in [1.82, 2.24) is 0 Å². The van der Waals surface area contributed by atoms with Gasteiger partial charge in [0, 0.05) is 54.6 Å². The van der Waals surface area contributed by atoms with Crippen LogP contribution < -0.4 is 9.64 Å². The van der Waals surface area contributed by atoms with Gasteiger partial charge in [-0.05, 0) is 18.9 Å². The van der Waals surface area contributed by atoms with E-state index in [0.29, 0.717) is 5.75 Å². The van der Waals surface area contributed by atoms with Gasteiger partial charge in [0.25, 0.3) is 0 Å². The predicted molar refractivity (Wildman–Crippen MR) is 87.1 cm³/mol. The average molecular weight is 324 g/mol. The van der Waals surface area contributed by atoms with E-state index in [1.165, 1.54) is 13.2 Å². The lowest BCUT2D eigenvalue weighted by molar-refractivity contribution is -0.385. The first-order valence-corrected chi connectivity index (χ1v) is 8.41. The summed E-state index contributed by atoms with van der Waals surface area (Å²) in [7, 11) is 1.47. The van der Waals surface area contributed by atoms with Crippen LogP contribution in [0.4, 0.5) is 11.4 Å². The summed E-state index contributed by atoms with van der Waals surface area (Å²) in [5, 5.41) is 11.0. The molecule has 6 nitrogen and oxygen atoms in total. The van der Waals surface area contributed by atoms with Crippen LogP contribution in [0.5, 0.6) is 5.75 Å². The minimum absolute atomic E-state index is 0.0124. The quantitative estimate of drug-likeness (QED) is 0.629. The first-order chi connectivity index (χ1) is 10.6. The average Bonchev–Trinajstić information content (AvgIpc) is 2.55. The van der Waals surface area contributed by atoms with E-state index in [9.17, 15) is 10.1 Å². The lowest BCUT2D eigenvalue weighted by Gasteiger charge is -2.45. The summed E-state index contributed by atoms with van der Waals surface area (Å²) in [5.41, 5.74) is 1.01. The molecule has 0 radical (unpaired) electrons. The molecular weight excluding hydrogens is 304 g/mol. The van der Waals surface area contributed by atoms with Gasteiger partial charge in [-0.25, -0.2) is 0 Å². The van der Waals surface area contributed by atoms with Gasteiger partial charge in [-0.3, -0.25) is 10.1 Å². The third kappa shape index (κ3) is 3.01. The summed E-state index contributed by atoms with van der Waals surface area (Å²) in [6.45, 7) is 3.56. The predicted octanol–water partition coefficient (Wildman–Crippen LogP) is 2.71. The van der Waals surface area contributed by atoms with Gasteiger partial charge in [-0.15, -0.1) is 0 Å². The standard InChI is InChI=1S/C15H20N2O4S/c1-20-14-10-12(2-3-13(14)17(18)19)16-6-9-22-15(11-16)4-7-21-8-5-15/h2-3,10H,4-9,11H2,1H3. The van der Waals surface area contributed by atoms with Crippen LogP contribution in [-0.4, -0.2) is 48.8 Å². The third-order valence-corrected chi connectivity index (χ3v) is 5.91. The largest absolute Gasteiger partial charge is 0.490 e. The molecule has 1 spiro atoms. The van der Waals surface area contributed by atoms with Crippen molar-refractivity contribution in [3.8, 4) is 5.75 Å². The van der Waals surface area contributed by atoms with Gasteiger partial charge < -0.3 is 14.4 Å². The Morgan fingerprint density at radius 3 is 2.86 bits per heavy atom. The van der Waals surface area contributed by atoms with E-state index in [-0.39, 0.29) is 10.4 Å². The molecule has 7 heteroatoms. The van der Waals surface area contributed by atoms with E-state index in [4.69, 9.17) is 9.47 Å². The van der Waals surface area contributed by atoms with Crippen molar-refractivity contribution < 1.29 is 14.4 Å². The summed E-state index contributed by atoms with van der Waals surface area (Å²) in [4.78, 5) is 12.9. The highest BCUT2D eigenvalue weighted by atomic mass is 32.2. The molecule has 0 aliphatic carbocycles. The number of nitro benzene ring substituents is 1.